The molecule has 0 saturated carbocycles. The predicted octanol–water partition coefficient (Wildman–Crippen LogP) is 2.08. The topological polar surface area (TPSA) is 39.8 Å². The maximum absolute atomic E-state index is 11.9. The zero-order valence-electron chi connectivity index (χ0n) is 8.31. The van der Waals surface area contributed by atoms with Crippen molar-refractivity contribution in [3.63, 3.8) is 0 Å². The van der Waals surface area contributed by atoms with Crippen molar-refractivity contribution in [3.8, 4) is 5.69 Å². The van der Waals surface area contributed by atoms with Crippen LogP contribution in [0.15, 0.2) is 35.4 Å². The van der Waals surface area contributed by atoms with E-state index in [-0.39, 0.29) is 5.69 Å². The van der Waals surface area contributed by atoms with Gasteiger partial charge in [-0.25, -0.2) is 14.0 Å². The van der Waals surface area contributed by atoms with Crippen LogP contribution in [0.3, 0.4) is 0 Å². The van der Waals surface area contributed by atoms with Crippen molar-refractivity contribution in [2.24, 2.45) is 0 Å². The SMILES string of the molecule is O=c1n(-c2ccc(Cl)cc2)cnn1CCBr. The van der Waals surface area contributed by atoms with Gasteiger partial charge in [-0.05, 0) is 24.3 Å². The van der Waals surface area contributed by atoms with Crippen molar-refractivity contribution >= 4 is 27.5 Å². The zero-order chi connectivity index (χ0) is 11.5. The van der Waals surface area contributed by atoms with Gasteiger partial charge in [0.15, 0.2) is 0 Å². The predicted molar refractivity (Wildman–Crippen MR) is 66.6 cm³/mol. The monoisotopic (exact) mass is 301 g/mol. The van der Waals surface area contributed by atoms with Crippen molar-refractivity contribution < 1.29 is 0 Å². The summed E-state index contributed by atoms with van der Waals surface area (Å²) >= 11 is 9.05. The molecule has 0 aliphatic heterocycles. The quantitative estimate of drug-likeness (QED) is 0.815. The molecule has 0 spiro atoms. The molecule has 84 valence electrons. The third kappa shape index (κ3) is 2.20. The van der Waals surface area contributed by atoms with Crippen LogP contribution in [0, 0.1) is 0 Å². The van der Waals surface area contributed by atoms with E-state index in [0.717, 1.165) is 5.69 Å². The average Bonchev–Trinajstić information content (AvgIpc) is 2.63. The van der Waals surface area contributed by atoms with E-state index >= 15 is 0 Å². The van der Waals surface area contributed by atoms with Gasteiger partial charge >= 0.3 is 5.69 Å². The van der Waals surface area contributed by atoms with Crippen LogP contribution in [0.1, 0.15) is 0 Å². The minimum absolute atomic E-state index is 0.151. The van der Waals surface area contributed by atoms with E-state index in [4.69, 9.17) is 11.6 Å². The molecule has 2 rings (SSSR count). The normalized spacial score (nSPS) is 10.6. The van der Waals surface area contributed by atoms with Crippen molar-refractivity contribution in [1.82, 2.24) is 14.3 Å². The van der Waals surface area contributed by atoms with Crippen LogP contribution in [-0.4, -0.2) is 19.7 Å². The minimum Gasteiger partial charge on any atom is -0.250 e. The van der Waals surface area contributed by atoms with Crippen molar-refractivity contribution in [3.05, 3.63) is 46.1 Å². The molecule has 1 heterocycles. The van der Waals surface area contributed by atoms with E-state index in [0.29, 0.717) is 16.9 Å². The average molecular weight is 303 g/mol. The highest BCUT2D eigenvalue weighted by molar-refractivity contribution is 9.09. The van der Waals surface area contributed by atoms with Gasteiger partial charge in [-0.1, -0.05) is 27.5 Å². The smallest absolute Gasteiger partial charge is 0.250 e. The highest BCUT2D eigenvalue weighted by Crippen LogP contribution is 2.11. The Hall–Kier alpha value is -1.07. The molecule has 1 aromatic carbocycles. The zero-order valence-corrected chi connectivity index (χ0v) is 10.6. The summed E-state index contributed by atoms with van der Waals surface area (Å²) in [6, 6.07) is 7.05. The van der Waals surface area contributed by atoms with Crippen LogP contribution in [-0.2, 0) is 6.54 Å². The lowest BCUT2D eigenvalue weighted by Gasteiger charge is -1.99. The molecule has 0 aliphatic rings. The second-order valence-electron chi connectivity index (χ2n) is 3.17. The first-order valence-electron chi connectivity index (χ1n) is 4.69. The minimum atomic E-state index is -0.151. The van der Waals surface area contributed by atoms with Gasteiger partial charge in [-0.2, -0.15) is 5.10 Å². The molecule has 0 N–H and O–H groups in total. The number of hydrogen-bond acceptors (Lipinski definition) is 2. The summed E-state index contributed by atoms with van der Waals surface area (Å²) in [5, 5.41) is 5.35. The first kappa shape index (κ1) is 11.4. The molecule has 1 aromatic heterocycles. The molecule has 0 unspecified atom stereocenters. The van der Waals surface area contributed by atoms with Gasteiger partial charge in [0.05, 0.1) is 12.2 Å². The van der Waals surface area contributed by atoms with E-state index in [2.05, 4.69) is 21.0 Å². The number of halogens is 2. The van der Waals surface area contributed by atoms with Gasteiger partial charge in [0.2, 0.25) is 0 Å². The highest BCUT2D eigenvalue weighted by Gasteiger charge is 2.05. The standard InChI is InChI=1S/C10H9BrClN3O/c11-5-6-15-10(16)14(7-13-15)9-3-1-8(12)2-4-9/h1-4,7H,5-6H2. The second-order valence-corrected chi connectivity index (χ2v) is 4.40. The lowest BCUT2D eigenvalue weighted by atomic mass is 10.3. The molecule has 0 fully saturated rings. The summed E-state index contributed by atoms with van der Waals surface area (Å²) in [5.41, 5.74) is 0.608. The molecular formula is C10H9BrClN3O. The Labute approximate surface area is 106 Å². The fourth-order valence-corrected chi connectivity index (χ4v) is 1.81. The third-order valence-corrected chi connectivity index (χ3v) is 2.74. The van der Waals surface area contributed by atoms with Crippen molar-refractivity contribution in [2.45, 2.75) is 6.54 Å². The number of aromatic nitrogens is 3. The molecule has 6 heteroatoms. The van der Waals surface area contributed by atoms with E-state index in [1.54, 1.807) is 24.3 Å². The Bertz CT molecular complexity index is 532. The Morgan fingerprint density at radius 1 is 1.31 bits per heavy atom. The number of rotatable bonds is 3. The molecule has 0 radical (unpaired) electrons. The summed E-state index contributed by atoms with van der Waals surface area (Å²) in [5.74, 6) is 0. The Balaban J connectivity index is 2.41. The first-order chi connectivity index (χ1) is 7.72. The van der Waals surface area contributed by atoms with Gasteiger partial charge < -0.3 is 0 Å². The van der Waals surface area contributed by atoms with E-state index in [1.165, 1.54) is 15.6 Å². The molecule has 0 atom stereocenters. The highest BCUT2D eigenvalue weighted by atomic mass is 79.9. The maximum Gasteiger partial charge on any atom is 0.350 e. The maximum atomic E-state index is 11.9. The Morgan fingerprint density at radius 3 is 2.62 bits per heavy atom. The molecule has 2 aromatic rings. The lowest BCUT2D eigenvalue weighted by Crippen LogP contribution is -2.24. The molecule has 0 amide bonds. The largest absolute Gasteiger partial charge is 0.350 e. The summed E-state index contributed by atoms with van der Waals surface area (Å²) in [6.07, 6.45) is 1.51. The van der Waals surface area contributed by atoms with Gasteiger partial charge in [-0.15, -0.1) is 0 Å². The summed E-state index contributed by atoms with van der Waals surface area (Å²) in [4.78, 5) is 11.9. The second kappa shape index (κ2) is 4.84. The van der Waals surface area contributed by atoms with Gasteiger partial charge in [0.1, 0.15) is 6.33 Å². The van der Waals surface area contributed by atoms with Crippen LogP contribution in [0.2, 0.25) is 5.02 Å². The van der Waals surface area contributed by atoms with Gasteiger partial charge in [0, 0.05) is 10.4 Å². The molecule has 0 aliphatic carbocycles. The number of hydrogen-bond donors (Lipinski definition) is 0. The van der Waals surface area contributed by atoms with E-state index < -0.39 is 0 Å². The van der Waals surface area contributed by atoms with Crippen LogP contribution in [0.4, 0.5) is 0 Å². The van der Waals surface area contributed by atoms with E-state index in [1.807, 2.05) is 0 Å². The molecule has 16 heavy (non-hydrogen) atoms. The third-order valence-electron chi connectivity index (χ3n) is 2.13. The van der Waals surface area contributed by atoms with Crippen LogP contribution in [0.25, 0.3) is 5.69 Å². The number of benzene rings is 1. The number of aryl methyl sites for hydroxylation is 1. The lowest BCUT2D eigenvalue weighted by molar-refractivity contribution is 0.637. The van der Waals surface area contributed by atoms with Crippen LogP contribution >= 0.6 is 27.5 Å². The van der Waals surface area contributed by atoms with Crippen molar-refractivity contribution in [1.29, 1.82) is 0 Å². The fraction of sp³-hybridized carbons (Fsp3) is 0.200. The number of nitrogens with zero attached hydrogens (tertiary/aromatic N) is 3. The Morgan fingerprint density at radius 2 is 2.00 bits per heavy atom. The van der Waals surface area contributed by atoms with Crippen LogP contribution < -0.4 is 5.69 Å². The first-order valence-corrected chi connectivity index (χ1v) is 6.18. The Kier molecular flexibility index (Phi) is 3.46. The van der Waals surface area contributed by atoms with Gasteiger partial charge in [0.25, 0.3) is 0 Å². The molecule has 0 saturated heterocycles. The molecule has 0 bridgehead atoms. The summed E-state index contributed by atoms with van der Waals surface area (Å²) < 4.78 is 2.89. The molecular weight excluding hydrogens is 293 g/mol. The summed E-state index contributed by atoms with van der Waals surface area (Å²) in [6.45, 7) is 0.555. The molecule has 4 nitrogen and oxygen atoms in total. The van der Waals surface area contributed by atoms with Crippen LogP contribution in [0.5, 0.6) is 0 Å². The van der Waals surface area contributed by atoms with E-state index in [9.17, 15) is 4.79 Å². The van der Waals surface area contributed by atoms with Gasteiger partial charge in [-0.3, -0.25) is 0 Å². The summed E-state index contributed by atoms with van der Waals surface area (Å²) in [7, 11) is 0. The number of alkyl halides is 1. The fourth-order valence-electron chi connectivity index (χ4n) is 1.35. The van der Waals surface area contributed by atoms with Crippen molar-refractivity contribution in [2.75, 3.05) is 5.33 Å².